The van der Waals surface area contributed by atoms with Crippen molar-refractivity contribution in [2.45, 2.75) is 69.1 Å². The van der Waals surface area contributed by atoms with Crippen LogP contribution in [0.5, 0.6) is 0 Å². The Hall–Kier alpha value is -1.61. The lowest BCUT2D eigenvalue weighted by Gasteiger charge is -2.60. The van der Waals surface area contributed by atoms with E-state index < -0.39 is 17.1 Å². The largest absolute Gasteiger partial charge is 0.410 e. The molecule has 128 valence electrons. The number of hydrogen-bond donors (Lipinski definition) is 2. The van der Waals surface area contributed by atoms with E-state index in [1.807, 2.05) is 0 Å². The molecule has 0 radical (unpaired) electrons. The molecule has 6 heteroatoms. The first-order valence-corrected chi connectivity index (χ1v) is 9.14. The predicted molar refractivity (Wildman–Crippen MR) is 84.0 cm³/mol. The SMILES string of the molecule is N#CC1CC2CC2N1C(=O)/C(=N/O)C12CC3CC(CC(O)(C3)C1)C2. The van der Waals surface area contributed by atoms with E-state index in [0.717, 1.165) is 44.9 Å². The summed E-state index contributed by atoms with van der Waals surface area (Å²) in [7, 11) is 0. The van der Waals surface area contributed by atoms with E-state index >= 15 is 0 Å². The fraction of sp³-hybridized carbons (Fsp3) is 0.833. The third-order valence-electron chi connectivity index (χ3n) is 7.32. The molecule has 5 saturated carbocycles. The number of rotatable bonds is 2. The van der Waals surface area contributed by atoms with Gasteiger partial charge in [-0.05, 0) is 69.1 Å². The molecule has 6 rings (SSSR count). The minimum Gasteiger partial charge on any atom is -0.410 e. The third-order valence-corrected chi connectivity index (χ3v) is 7.32. The van der Waals surface area contributed by atoms with Crippen LogP contribution in [0.3, 0.4) is 0 Å². The normalized spacial score (nSPS) is 51.4. The van der Waals surface area contributed by atoms with Crippen molar-refractivity contribution >= 4 is 11.6 Å². The maximum absolute atomic E-state index is 13.2. The quantitative estimate of drug-likeness (QED) is 0.457. The zero-order valence-corrected chi connectivity index (χ0v) is 13.7. The molecule has 0 aromatic heterocycles. The molecule has 1 heterocycles. The van der Waals surface area contributed by atoms with Crippen LogP contribution in [0.1, 0.15) is 51.4 Å². The van der Waals surface area contributed by atoms with Crippen molar-refractivity contribution in [2.75, 3.05) is 0 Å². The highest BCUT2D eigenvalue weighted by Crippen LogP contribution is 2.62. The number of carbonyl (C=O) groups excluding carboxylic acids is 1. The van der Waals surface area contributed by atoms with Gasteiger partial charge in [0.25, 0.3) is 5.91 Å². The van der Waals surface area contributed by atoms with E-state index in [1.54, 1.807) is 4.90 Å². The minimum absolute atomic E-state index is 0.149. The summed E-state index contributed by atoms with van der Waals surface area (Å²) >= 11 is 0. The Balaban J connectivity index is 1.49. The van der Waals surface area contributed by atoms with Gasteiger partial charge in [-0.2, -0.15) is 5.26 Å². The third kappa shape index (κ3) is 1.85. The molecule has 2 N–H and O–H groups in total. The highest BCUT2D eigenvalue weighted by molar-refractivity contribution is 6.41. The van der Waals surface area contributed by atoms with Crippen molar-refractivity contribution in [3.8, 4) is 6.07 Å². The van der Waals surface area contributed by atoms with Crippen molar-refractivity contribution < 1.29 is 15.1 Å². The number of oxime groups is 1. The first-order chi connectivity index (χ1) is 11.5. The van der Waals surface area contributed by atoms with Crippen LogP contribution in [-0.2, 0) is 4.79 Å². The Morgan fingerprint density at radius 2 is 1.88 bits per heavy atom. The fourth-order valence-corrected chi connectivity index (χ4v) is 6.85. The Bertz CT molecular complexity index is 667. The number of nitriles is 1. The molecule has 6 nitrogen and oxygen atoms in total. The van der Waals surface area contributed by atoms with E-state index in [1.165, 1.54) is 0 Å². The number of hydrogen-bond acceptors (Lipinski definition) is 5. The molecule has 1 amide bonds. The van der Waals surface area contributed by atoms with Crippen LogP contribution in [0, 0.1) is 34.5 Å². The van der Waals surface area contributed by atoms with Gasteiger partial charge in [-0.3, -0.25) is 4.79 Å². The molecular formula is C18H23N3O3. The molecule has 0 spiro atoms. The number of carbonyl (C=O) groups is 1. The molecule has 24 heavy (non-hydrogen) atoms. The highest BCUT2D eigenvalue weighted by Gasteiger charge is 2.62. The van der Waals surface area contributed by atoms with Crippen LogP contribution in [0.4, 0.5) is 0 Å². The zero-order valence-electron chi connectivity index (χ0n) is 13.7. The average Bonchev–Trinajstić information content (AvgIpc) is 3.15. The fourth-order valence-electron chi connectivity index (χ4n) is 6.85. The monoisotopic (exact) mass is 329 g/mol. The minimum atomic E-state index is -0.706. The lowest BCUT2D eigenvalue weighted by molar-refractivity contribution is -0.146. The molecular weight excluding hydrogens is 306 g/mol. The summed E-state index contributed by atoms with van der Waals surface area (Å²) in [6, 6.07) is 1.99. The van der Waals surface area contributed by atoms with E-state index in [4.69, 9.17) is 0 Å². The lowest BCUT2D eigenvalue weighted by atomic mass is 9.46. The molecule has 5 unspecified atom stereocenters. The van der Waals surface area contributed by atoms with Crippen LogP contribution in [-0.4, -0.2) is 44.5 Å². The molecule has 6 fully saturated rings. The zero-order chi connectivity index (χ0) is 16.7. The van der Waals surface area contributed by atoms with Gasteiger partial charge in [0.15, 0.2) is 5.71 Å². The van der Waals surface area contributed by atoms with Crippen molar-refractivity contribution in [1.82, 2.24) is 4.90 Å². The first kappa shape index (κ1) is 14.7. The van der Waals surface area contributed by atoms with Crippen molar-refractivity contribution in [2.24, 2.45) is 28.3 Å². The van der Waals surface area contributed by atoms with Crippen LogP contribution in [0.25, 0.3) is 0 Å². The number of fused-ring (bicyclic) bond motifs is 1. The molecule has 0 aromatic carbocycles. The topological polar surface area (TPSA) is 96.9 Å². The molecule has 4 bridgehead atoms. The molecule has 1 aliphatic heterocycles. The Kier molecular flexibility index (Phi) is 2.77. The molecule has 1 saturated heterocycles. The van der Waals surface area contributed by atoms with Gasteiger partial charge in [-0.25, -0.2) is 0 Å². The number of nitrogens with zero attached hydrogens (tertiary/aromatic N) is 3. The number of aliphatic hydroxyl groups is 1. The summed E-state index contributed by atoms with van der Waals surface area (Å²) in [6.07, 6.45) is 6.63. The standard InChI is InChI=1S/C18H23N3O3/c19-8-13-2-12-3-14(12)21(13)16(22)15(20-24)17-4-10-1-11(5-17)7-18(23,6-10)9-17/h10-14,23-24H,1-7,9H2/b20-15-. The van der Waals surface area contributed by atoms with Gasteiger partial charge in [0.05, 0.1) is 11.7 Å². The van der Waals surface area contributed by atoms with Gasteiger partial charge in [-0.1, -0.05) is 5.16 Å². The molecule has 5 atom stereocenters. The maximum Gasteiger partial charge on any atom is 0.273 e. The Labute approximate surface area is 141 Å². The lowest BCUT2D eigenvalue weighted by Crippen LogP contribution is -2.61. The summed E-state index contributed by atoms with van der Waals surface area (Å²) < 4.78 is 0. The first-order valence-electron chi connectivity index (χ1n) is 9.14. The number of amides is 1. The smallest absolute Gasteiger partial charge is 0.273 e. The average molecular weight is 329 g/mol. The summed E-state index contributed by atoms with van der Waals surface area (Å²) in [5.74, 6) is 1.01. The van der Waals surface area contributed by atoms with Crippen LogP contribution < -0.4 is 0 Å². The van der Waals surface area contributed by atoms with Gasteiger partial charge in [0, 0.05) is 11.5 Å². The Morgan fingerprint density at radius 3 is 2.46 bits per heavy atom. The summed E-state index contributed by atoms with van der Waals surface area (Å²) in [4.78, 5) is 14.9. The van der Waals surface area contributed by atoms with E-state index in [2.05, 4.69) is 11.2 Å². The predicted octanol–water partition coefficient (Wildman–Crippen LogP) is 1.66. The van der Waals surface area contributed by atoms with Gasteiger partial charge < -0.3 is 15.2 Å². The maximum atomic E-state index is 13.2. The van der Waals surface area contributed by atoms with Gasteiger partial charge in [0.1, 0.15) is 6.04 Å². The van der Waals surface area contributed by atoms with Gasteiger partial charge in [-0.15, -0.1) is 0 Å². The van der Waals surface area contributed by atoms with Gasteiger partial charge >= 0.3 is 0 Å². The van der Waals surface area contributed by atoms with E-state index in [-0.39, 0.29) is 17.7 Å². The molecule has 0 aromatic rings. The van der Waals surface area contributed by atoms with Crippen molar-refractivity contribution in [1.29, 1.82) is 5.26 Å². The second kappa shape index (κ2) is 4.51. The van der Waals surface area contributed by atoms with Gasteiger partial charge in [0.2, 0.25) is 0 Å². The van der Waals surface area contributed by atoms with E-state index in [0.29, 0.717) is 24.2 Å². The second-order valence-electron chi connectivity index (χ2n) is 9.07. The molecule has 5 aliphatic carbocycles. The summed E-state index contributed by atoms with van der Waals surface area (Å²) in [5, 5.41) is 33.5. The van der Waals surface area contributed by atoms with Crippen molar-refractivity contribution in [3.05, 3.63) is 0 Å². The summed E-state index contributed by atoms with van der Waals surface area (Å²) in [6.45, 7) is 0. The van der Waals surface area contributed by atoms with Crippen LogP contribution in [0.2, 0.25) is 0 Å². The van der Waals surface area contributed by atoms with Crippen LogP contribution in [0.15, 0.2) is 5.16 Å². The number of likely N-dealkylation sites (tertiary alicyclic amines) is 1. The number of piperidine rings is 1. The summed E-state index contributed by atoms with van der Waals surface area (Å²) in [5.41, 5.74) is -0.998. The second-order valence-corrected chi connectivity index (χ2v) is 9.07. The molecule has 6 aliphatic rings. The van der Waals surface area contributed by atoms with Crippen LogP contribution >= 0.6 is 0 Å². The van der Waals surface area contributed by atoms with E-state index in [9.17, 15) is 20.4 Å². The Morgan fingerprint density at radius 1 is 1.17 bits per heavy atom. The van der Waals surface area contributed by atoms with Crippen molar-refractivity contribution in [3.63, 3.8) is 0 Å². The highest BCUT2D eigenvalue weighted by atomic mass is 16.4.